The zero-order chi connectivity index (χ0) is 15.4. The van der Waals surface area contributed by atoms with Crippen LogP contribution in [0.5, 0.6) is 5.75 Å². The van der Waals surface area contributed by atoms with Crippen molar-refractivity contribution in [2.45, 2.75) is 13.0 Å². The van der Waals surface area contributed by atoms with Crippen LogP contribution < -0.4 is 15.8 Å². The lowest BCUT2D eigenvalue weighted by atomic mass is 10.0. The van der Waals surface area contributed by atoms with Crippen LogP contribution in [0.2, 0.25) is 0 Å². The van der Waals surface area contributed by atoms with Gasteiger partial charge in [0, 0.05) is 17.3 Å². The Bertz CT molecular complexity index is 658. The lowest BCUT2D eigenvalue weighted by Crippen LogP contribution is -2.28. The highest BCUT2D eigenvalue weighted by atomic mass is 19.1. The Hall–Kier alpha value is -2.56. The molecule has 0 radical (unpaired) electrons. The number of ether oxygens (including phenoxy) is 1. The number of anilines is 1. The van der Waals surface area contributed by atoms with E-state index in [1.807, 2.05) is 6.92 Å². The normalized spacial score (nSPS) is 11.8. The quantitative estimate of drug-likeness (QED) is 0.889. The van der Waals surface area contributed by atoms with Gasteiger partial charge in [0.05, 0.1) is 7.11 Å². The third-order valence-corrected chi connectivity index (χ3v) is 3.13. The SMILES string of the molecule is COc1cccc(NC(C(N)=O)c2cc(C)ccc2F)c1. The number of nitrogens with one attached hydrogen (secondary N) is 1. The highest BCUT2D eigenvalue weighted by molar-refractivity contribution is 5.84. The van der Waals surface area contributed by atoms with Crippen LogP contribution in [-0.2, 0) is 4.79 Å². The number of carbonyl (C=O) groups is 1. The van der Waals surface area contributed by atoms with E-state index in [0.717, 1.165) is 5.56 Å². The molecule has 0 aromatic heterocycles. The molecular weight excluding hydrogens is 271 g/mol. The van der Waals surface area contributed by atoms with Gasteiger partial charge in [-0.3, -0.25) is 4.79 Å². The number of carbonyl (C=O) groups excluding carboxylic acids is 1. The summed E-state index contributed by atoms with van der Waals surface area (Å²) < 4.78 is 19.1. The minimum Gasteiger partial charge on any atom is -0.497 e. The molecule has 0 aliphatic heterocycles. The maximum atomic E-state index is 14.0. The number of benzene rings is 2. The summed E-state index contributed by atoms with van der Waals surface area (Å²) in [5, 5.41) is 2.94. The summed E-state index contributed by atoms with van der Waals surface area (Å²) >= 11 is 0. The van der Waals surface area contributed by atoms with Crippen molar-refractivity contribution in [3.8, 4) is 5.75 Å². The van der Waals surface area contributed by atoms with E-state index in [2.05, 4.69) is 5.32 Å². The molecular formula is C16H17FN2O2. The first-order valence-electron chi connectivity index (χ1n) is 6.47. The summed E-state index contributed by atoms with van der Waals surface area (Å²) in [6.07, 6.45) is 0. The predicted molar refractivity (Wildman–Crippen MR) is 79.7 cm³/mol. The van der Waals surface area contributed by atoms with Gasteiger partial charge in [-0.1, -0.05) is 23.8 Å². The number of rotatable bonds is 5. The standard InChI is InChI=1S/C16H17FN2O2/c1-10-6-7-14(17)13(8-10)15(16(18)20)19-11-4-3-5-12(9-11)21-2/h3-9,15,19H,1-2H3,(H2,18,20). The molecule has 3 N–H and O–H groups in total. The van der Waals surface area contributed by atoms with Crippen LogP contribution in [0.25, 0.3) is 0 Å². The van der Waals surface area contributed by atoms with E-state index >= 15 is 0 Å². The fraction of sp³-hybridized carbons (Fsp3) is 0.188. The summed E-state index contributed by atoms with van der Waals surface area (Å²) in [5.41, 5.74) is 7.11. The Kier molecular flexibility index (Phi) is 4.42. The molecule has 0 spiro atoms. The van der Waals surface area contributed by atoms with Crippen LogP contribution in [0.4, 0.5) is 10.1 Å². The molecule has 1 atom stereocenters. The van der Waals surface area contributed by atoms with Crippen LogP contribution in [0.15, 0.2) is 42.5 Å². The molecule has 4 nitrogen and oxygen atoms in total. The average Bonchev–Trinajstić information content (AvgIpc) is 2.47. The molecule has 5 heteroatoms. The molecule has 0 aliphatic rings. The number of hydrogen-bond acceptors (Lipinski definition) is 3. The number of halogens is 1. The van der Waals surface area contributed by atoms with Gasteiger partial charge in [0.15, 0.2) is 0 Å². The Balaban J connectivity index is 2.35. The lowest BCUT2D eigenvalue weighted by molar-refractivity contribution is -0.118. The van der Waals surface area contributed by atoms with Gasteiger partial charge >= 0.3 is 0 Å². The number of hydrogen-bond donors (Lipinski definition) is 2. The lowest BCUT2D eigenvalue weighted by Gasteiger charge is -2.18. The van der Waals surface area contributed by atoms with Crippen molar-refractivity contribution in [1.82, 2.24) is 0 Å². The van der Waals surface area contributed by atoms with Crippen molar-refractivity contribution in [3.63, 3.8) is 0 Å². The number of aryl methyl sites for hydroxylation is 1. The van der Waals surface area contributed by atoms with Crippen molar-refractivity contribution in [2.24, 2.45) is 5.73 Å². The second kappa shape index (κ2) is 6.26. The predicted octanol–water partition coefficient (Wildman–Crippen LogP) is 2.78. The minimum atomic E-state index is -0.947. The topological polar surface area (TPSA) is 64.3 Å². The van der Waals surface area contributed by atoms with E-state index in [1.54, 1.807) is 43.5 Å². The van der Waals surface area contributed by atoms with Gasteiger partial charge in [0.1, 0.15) is 17.6 Å². The summed E-state index contributed by atoms with van der Waals surface area (Å²) in [7, 11) is 1.55. The summed E-state index contributed by atoms with van der Waals surface area (Å²) in [4.78, 5) is 11.7. The van der Waals surface area contributed by atoms with Gasteiger partial charge in [-0.15, -0.1) is 0 Å². The third kappa shape index (κ3) is 3.51. The van der Waals surface area contributed by atoms with Gasteiger partial charge < -0.3 is 15.8 Å². The van der Waals surface area contributed by atoms with Gasteiger partial charge in [-0.05, 0) is 25.1 Å². The molecule has 0 aliphatic carbocycles. The van der Waals surface area contributed by atoms with Crippen molar-refractivity contribution >= 4 is 11.6 Å². The van der Waals surface area contributed by atoms with Gasteiger partial charge in [-0.25, -0.2) is 4.39 Å². The van der Waals surface area contributed by atoms with Crippen molar-refractivity contribution in [2.75, 3.05) is 12.4 Å². The molecule has 2 rings (SSSR count). The summed E-state index contributed by atoms with van der Waals surface area (Å²) in [6.45, 7) is 1.83. The van der Waals surface area contributed by atoms with Crippen LogP contribution in [0.3, 0.4) is 0 Å². The maximum Gasteiger partial charge on any atom is 0.244 e. The molecule has 0 saturated carbocycles. The Morgan fingerprint density at radius 3 is 2.71 bits per heavy atom. The molecule has 2 aromatic carbocycles. The van der Waals surface area contributed by atoms with Crippen molar-refractivity contribution < 1.29 is 13.9 Å². The maximum absolute atomic E-state index is 14.0. The molecule has 0 saturated heterocycles. The smallest absolute Gasteiger partial charge is 0.244 e. The number of primary amides is 1. The van der Waals surface area contributed by atoms with Gasteiger partial charge in [-0.2, -0.15) is 0 Å². The Morgan fingerprint density at radius 2 is 2.05 bits per heavy atom. The minimum absolute atomic E-state index is 0.227. The van der Waals surface area contributed by atoms with Crippen LogP contribution in [0.1, 0.15) is 17.2 Å². The molecule has 0 bridgehead atoms. The van der Waals surface area contributed by atoms with E-state index in [9.17, 15) is 9.18 Å². The second-order valence-corrected chi connectivity index (χ2v) is 4.74. The van der Waals surface area contributed by atoms with Gasteiger partial charge in [0.2, 0.25) is 5.91 Å². The highest BCUT2D eigenvalue weighted by Gasteiger charge is 2.21. The third-order valence-electron chi connectivity index (χ3n) is 3.13. The summed E-state index contributed by atoms with van der Waals surface area (Å²) in [6, 6.07) is 10.6. The summed E-state index contributed by atoms with van der Waals surface area (Å²) in [5.74, 6) is -0.491. The molecule has 21 heavy (non-hydrogen) atoms. The first-order valence-corrected chi connectivity index (χ1v) is 6.47. The van der Waals surface area contributed by atoms with E-state index in [0.29, 0.717) is 11.4 Å². The average molecular weight is 288 g/mol. The molecule has 0 fully saturated rings. The van der Waals surface area contributed by atoms with E-state index in [4.69, 9.17) is 10.5 Å². The monoisotopic (exact) mass is 288 g/mol. The zero-order valence-electron chi connectivity index (χ0n) is 11.9. The van der Waals surface area contributed by atoms with Gasteiger partial charge in [0.25, 0.3) is 0 Å². The van der Waals surface area contributed by atoms with Crippen molar-refractivity contribution in [1.29, 1.82) is 0 Å². The first-order chi connectivity index (χ1) is 10.0. The fourth-order valence-corrected chi connectivity index (χ4v) is 2.07. The van der Waals surface area contributed by atoms with E-state index < -0.39 is 17.8 Å². The van der Waals surface area contributed by atoms with Crippen LogP contribution >= 0.6 is 0 Å². The van der Waals surface area contributed by atoms with Crippen molar-refractivity contribution in [3.05, 3.63) is 59.4 Å². The second-order valence-electron chi connectivity index (χ2n) is 4.74. The fourth-order valence-electron chi connectivity index (χ4n) is 2.07. The molecule has 2 aromatic rings. The van der Waals surface area contributed by atoms with E-state index in [1.165, 1.54) is 6.07 Å². The Labute approximate surface area is 122 Å². The number of amides is 1. The molecule has 0 heterocycles. The largest absolute Gasteiger partial charge is 0.497 e. The molecule has 110 valence electrons. The Morgan fingerprint density at radius 1 is 1.29 bits per heavy atom. The highest BCUT2D eigenvalue weighted by Crippen LogP contribution is 2.25. The first kappa shape index (κ1) is 14.8. The molecule has 1 amide bonds. The molecule has 1 unspecified atom stereocenters. The van der Waals surface area contributed by atoms with Crippen LogP contribution in [-0.4, -0.2) is 13.0 Å². The van der Waals surface area contributed by atoms with E-state index in [-0.39, 0.29) is 5.56 Å². The van der Waals surface area contributed by atoms with Crippen LogP contribution in [0, 0.1) is 12.7 Å². The zero-order valence-corrected chi connectivity index (χ0v) is 11.9. The number of methoxy groups -OCH3 is 1. The number of nitrogens with two attached hydrogens (primary N) is 1.